The Hall–Kier alpha value is -1.69. The average molecular weight is 301 g/mol. The first-order chi connectivity index (χ1) is 10.9. The first-order valence-corrected chi connectivity index (χ1v) is 8.41. The van der Waals surface area contributed by atoms with Gasteiger partial charge in [0.2, 0.25) is 0 Å². The third-order valence-electron chi connectivity index (χ3n) is 4.99. The molecule has 1 aliphatic carbocycles. The summed E-state index contributed by atoms with van der Waals surface area (Å²) in [6, 6.07) is 0. The fourth-order valence-electron chi connectivity index (χ4n) is 3.63. The van der Waals surface area contributed by atoms with Crippen molar-refractivity contribution in [3.05, 3.63) is 12.7 Å². The maximum absolute atomic E-state index is 6.08. The summed E-state index contributed by atoms with van der Waals surface area (Å²) < 4.78 is 6.08. The molecule has 2 fully saturated rings. The molecular weight excluding hydrogens is 278 g/mol. The van der Waals surface area contributed by atoms with Gasteiger partial charge in [0.1, 0.15) is 11.8 Å². The van der Waals surface area contributed by atoms with Crippen molar-refractivity contribution in [1.82, 2.24) is 19.9 Å². The average Bonchev–Trinajstić information content (AvgIpc) is 3.24. The van der Waals surface area contributed by atoms with Crippen LogP contribution in [0.5, 0.6) is 0 Å². The molecule has 0 aromatic carbocycles. The van der Waals surface area contributed by atoms with Gasteiger partial charge in [-0.1, -0.05) is 12.8 Å². The number of nitrogens with one attached hydrogen (secondary N) is 1. The Morgan fingerprint density at radius 3 is 2.73 bits per heavy atom. The molecule has 0 amide bonds. The lowest BCUT2D eigenvalue weighted by Crippen LogP contribution is -2.36. The fraction of sp³-hybridized carbons (Fsp3) is 0.688. The molecule has 1 N–H and O–H groups in total. The number of piperidine rings is 1. The molecule has 6 nitrogen and oxygen atoms in total. The quantitative estimate of drug-likeness (QED) is 0.940. The molecule has 0 spiro atoms. The Morgan fingerprint density at radius 2 is 1.91 bits per heavy atom. The Morgan fingerprint density at radius 1 is 1.09 bits per heavy atom. The van der Waals surface area contributed by atoms with Crippen LogP contribution in [0.1, 0.15) is 38.5 Å². The van der Waals surface area contributed by atoms with Gasteiger partial charge in [0.05, 0.1) is 12.4 Å². The van der Waals surface area contributed by atoms with Gasteiger partial charge in [-0.15, -0.1) is 0 Å². The molecule has 4 rings (SSSR count). The van der Waals surface area contributed by atoms with E-state index >= 15 is 0 Å². The van der Waals surface area contributed by atoms with Crippen LogP contribution in [0.15, 0.2) is 12.7 Å². The minimum Gasteiger partial charge on any atom is -0.378 e. The number of rotatable bonds is 4. The zero-order chi connectivity index (χ0) is 14.8. The molecule has 0 bridgehead atoms. The molecule has 0 unspecified atom stereocenters. The number of hydrogen-bond acceptors (Lipinski definition) is 5. The zero-order valence-electron chi connectivity index (χ0n) is 12.9. The summed E-state index contributed by atoms with van der Waals surface area (Å²) in [4.78, 5) is 18.3. The summed E-state index contributed by atoms with van der Waals surface area (Å²) in [5.74, 6) is 1.67. The minimum atomic E-state index is 0.532. The van der Waals surface area contributed by atoms with Crippen molar-refractivity contribution in [2.75, 3.05) is 24.6 Å². The monoisotopic (exact) mass is 301 g/mol. The number of imidazole rings is 1. The predicted molar refractivity (Wildman–Crippen MR) is 84.8 cm³/mol. The van der Waals surface area contributed by atoms with E-state index in [0.717, 1.165) is 36.7 Å². The second-order valence-corrected chi connectivity index (χ2v) is 6.47. The molecule has 0 atom stereocenters. The largest absolute Gasteiger partial charge is 0.378 e. The van der Waals surface area contributed by atoms with E-state index in [1.807, 2.05) is 0 Å². The van der Waals surface area contributed by atoms with Crippen molar-refractivity contribution in [2.24, 2.45) is 5.92 Å². The molecule has 2 aromatic rings. The standard InChI is InChI=1S/C16H23N5O/c1-2-4-13(3-1)22-9-12-5-7-21(8-6-12)16-14-15(18-10-17-14)19-11-20-16/h10-13H,1-9H2,(H,17,18,19,20). The van der Waals surface area contributed by atoms with E-state index in [9.17, 15) is 0 Å². The first kappa shape index (κ1) is 13.9. The summed E-state index contributed by atoms with van der Waals surface area (Å²) in [6.07, 6.45) is 11.4. The van der Waals surface area contributed by atoms with Gasteiger partial charge in [-0.2, -0.15) is 0 Å². The number of fused-ring (bicyclic) bond motifs is 1. The fourth-order valence-corrected chi connectivity index (χ4v) is 3.63. The molecule has 1 saturated heterocycles. The smallest absolute Gasteiger partial charge is 0.182 e. The Labute approximate surface area is 130 Å². The maximum atomic E-state index is 6.08. The SMILES string of the molecule is c1nc(N2CCC(COC3CCCC3)CC2)c2[nH]cnc2n1. The molecular formula is C16H23N5O. The lowest BCUT2D eigenvalue weighted by atomic mass is 9.97. The van der Waals surface area contributed by atoms with Crippen LogP contribution in [0.3, 0.4) is 0 Å². The highest BCUT2D eigenvalue weighted by atomic mass is 16.5. The number of H-pyrrole nitrogens is 1. The minimum absolute atomic E-state index is 0.532. The van der Waals surface area contributed by atoms with Crippen LogP contribution in [-0.2, 0) is 4.74 Å². The van der Waals surface area contributed by atoms with Gasteiger partial charge in [0.25, 0.3) is 0 Å². The highest BCUT2D eigenvalue weighted by Gasteiger charge is 2.24. The van der Waals surface area contributed by atoms with E-state index in [-0.39, 0.29) is 0 Å². The highest BCUT2D eigenvalue weighted by Crippen LogP contribution is 2.27. The van der Waals surface area contributed by atoms with Crippen LogP contribution in [0.2, 0.25) is 0 Å². The summed E-state index contributed by atoms with van der Waals surface area (Å²) >= 11 is 0. The third kappa shape index (κ3) is 2.79. The van der Waals surface area contributed by atoms with Gasteiger partial charge in [0, 0.05) is 19.7 Å². The Kier molecular flexibility index (Phi) is 3.93. The molecule has 2 aliphatic rings. The second-order valence-electron chi connectivity index (χ2n) is 6.47. The Bertz CT molecular complexity index is 614. The molecule has 118 valence electrons. The van der Waals surface area contributed by atoms with Crippen molar-refractivity contribution in [1.29, 1.82) is 0 Å². The van der Waals surface area contributed by atoms with Gasteiger partial charge >= 0.3 is 0 Å². The molecule has 2 aromatic heterocycles. The molecule has 1 saturated carbocycles. The predicted octanol–water partition coefficient (Wildman–Crippen LogP) is 2.53. The molecule has 6 heteroatoms. The number of anilines is 1. The van der Waals surface area contributed by atoms with E-state index in [2.05, 4.69) is 24.8 Å². The zero-order valence-corrected chi connectivity index (χ0v) is 12.9. The van der Waals surface area contributed by atoms with Crippen LogP contribution < -0.4 is 4.90 Å². The lowest BCUT2D eigenvalue weighted by Gasteiger charge is -2.33. The van der Waals surface area contributed by atoms with Crippen LogP contribution in [0.25, 0.3) is 11.2 Å². The van der Waals surface area contributed by atoms with Gasteiger partial charge < -0.3 is 14.6 Å². The highest BCUT2D eigenvalue weighted by molar-refractivity contribution is 5.82. The number of hydrogen-bond donors (Lipinski definition) is 1. The van der Waals surface area contributed by atoms with Gasteiger partial charge in [-0.05, 0) is 31.6 Å². The summed E-state index contributed by atoms with van der Waals surface area (Å²) in [6.45, 7) is 3.00. The van der Waals surface area contributed by atoms with E-state index in [0.29, 0.717) is 12.0 Å². The van der Waals surface area contributed by atoms with Crippen molar-refractivity contribution < 1.29 is 4.74 Å². The number of aromatic amines is 1. The van der Waals surface area contributed by atoms with Crippen molar-refractivity contribution in [2.45, 2.75) is 44.6 Å². The normalized spacial score (nSPS) is 21.0. The van der Waals surface area contributed by atoms with E-state index in [1.165, 1.54) is 38.5 Å². The molecule has 0 radical (unpaired) electrons. The van der Waals surface area contributed by atoms with Gasteiger partial charge in [-0.25, -0.2) is 15.0 Å². The topological polar surface area (TPSA) is 66.9 Å². The summed E-state index contributed by atoms with van der Waals surface area (Å²) in [7, 11) is 0. The van der Waals surface area contributed by atoms with Crippen LogP contribution in [0, 0.1) is 5.92 Å². The molecule has 3 heterocycles. The van der Waals surface area contributed by atoms with E-state index in [1.54, 1.807) is 12.7 Å². The van der Waals surface area contributed by atoms with E-state index in [4.69, 9.17) is 4.74 Å². The van der Waals surface area contributed by atoms with E-state index < -0.39 is 0 Å². The molecule has 22 heavy (non-hydrogen) atoms. The lowest BCUT2D eigenvalue weighted by molar-refractivity contribution is 0.0280. The van der Waals surface area contributed by atoms with Crippen LogP contribution >= 0.6 is 0 Å². The van der Waals surface area contributed by atoms with Crippen molar-refractivity contribution in [3.63, 3.8) is 0 Å². The van der Waals surface area contributed by atoms with Crippen molar-refractivity contribution in [3.8, 4) is 0 Å². The Balaban J connectivity index is 1.34. The van der Waals surface area contributed by atoms with Crippen molar-refractivity contribution >= 4 is 17.0 Å². The van der Waals surface area contributed by atoms with Gasteiger partial charge in [-0.3, -0.25) is 0 Å². The van der Waals surface area contributed by atoms with Crippen LogP contribution in [0.4, 0.5) is 5.82 Å². The number of aromatic nitrogens is 4. The second kappa shape index (κ2) is 6.20. The third-order valence-corrected chi connectivity index (χ3v) is 4.99. The maximum Gasteiger partial charge on any atom is 0.182 e. The van der Waals surface area contributed by atoms with Gasteiger partial charge in [0.15, 0.2) is 11.5 Å². The number of ether oxygens (including phenoxy) is 1. The number of nitrogens with zero attached hydrogens (tertiary/aromatic N) is 4. The summed E-state index contributed by atoms with van der Waals surface area (Å²) in [5.41, 5.74) is 1.69. The van der Waals surface area contributed by atoms with Crippen LogP contribution in [-0.4, -0.2) is 45.7 Å². The summed E-state index contributed by atoms with van der Waals surface area (Å²) in [5, 5.41) is 0. The first-order valence-electron chi connectivity index (χ1n) is 8.41. The molecule has 1 aliphatic heterocycles.